The molecule has 2 heterocycles. The fourth-order valence-electron chi connectivity index (χ4n) is 2.56. The second-order valence-corrected chi connectivity index (χ2v) is 4.18. The van der Waals surface area contributed by atoms with Gasteiger partial charge in [-0.3, -0.25) is 0 Å². The lowest BCUT2D eigenvalue weighted by Gasteiger charge is -2.60. The van der Waals surface area contributed by atoms with Crippen LogP contribution < -0.4 is 10.6 Å². The number of nitrogens with two attached hydrogens (primary N) is 1. The Balaban J connectivity index is 1.83. The van der Waals surface area contributed by atoms with Crippen LogP contribution in [0.5, 0.6) is 0 Å². The first-order chi connectivity index (χ1) is 7.22. The fraction of sp³-hybridized carbons (Fsp3) is 0.600. The van der Waals surface area contributed by atoms with E-state index >= 15 is 0 Å². The summed E-state index contributed by atoms with van der Waals surface area (Å²) in [6.07, 6.45) is 2.10. The smallest absolute Gasteiger partial charge is 0.318 e. The van der Waals surface area contributed by atoms with Crippen LogP contribution in [0.3, 0.4) is 0 Å². The third-order valence-corrected chi connectivity index (χ3v) is 3.43. The molecule has 15 heavy (non-hydrogen) atoms. The molecular weight excluding hydrogens is 192 g/mol. The van der Waals surface area contributed by atoms with Crippen molar-refractivity contribution in [1.29, 1.82) is 0 Å². The summed E-state index contributed by atoms with van der Waals surface area (Å²) in [6, 6.07) is 1.27. The maximum absolute atomic E-state index is 6.00. The van der Waals surface area contributed by atoms with Gasteiger partial charge in [0.2, 0.25) is 5.89 Å². The number of aromatic nitrogens is 2. The number of anilines is 1. The first-order valence-electron chi connectivity index (χ1n) is 5.21. The summed E-state index contributed by atoms with van der Waals surface area (Å²) in [7, 11) is 0. The predicted molar refractivity (Wildman–Crippen MR) is 55.4 cm³/mol. The Bertz CT molecular complexity index is 425. The molecule has 0 radical (unpaired) electrons. The van der Waals surface area contributed by atoms with Crippen LogP contribution in [0.15, 0.2) is 16.1 Å². The van der Waals surface area contributed by atoms with Crippen LogP contribution in [-0.2, 0) is 0 Å². The molecule has 5 heteroatoms. The molecular formula is C10H14N4O. The van der Waals surface area contributed by atoms with Crippen LogP contribution in [0.2, 0.25) is 0 Å². The number of hydrogen-bond acceptors (Lipinski definition) is 5. The van der Waals surface area contributed by atoms with E-state index in [0.717, 1.165) is 6.54 Å². The molecule has 1 aliphatic heterocycles. The van der Waals surface area contributed by atoms with E-state index in [2.05, 4.69) is 21.2 Å². The van der Waals surface area contributed by atoms with Crippen LogP contribution in [0, 0.1) is 12.8 Å². The van der Waals surface area contributed by atoms with Crippen LogP contribution in [0.1, 0.15) is 12.8 Å². The van der Waals surface area contributed by atoms with Gasteiger partial charge < -0.3 is 15.1 Å². The number of rotatable bonds is 1. The quantitative estimate of drug-likeness (QED) is 0.676. The van der Waals surface area contributed by atoms with E-state index in [-0.39, 0.29) is 6.04 Å². The highest BCUT2D eigenvalue weighted by Crippen LogP contribution is 2.46. The van der Waals surface area contributed by atoms with Gasteiger partial charge >= 0.3 is 6.01 Å². The van der Waals surface area contributed by atoms with Gasteiger partial charge in [0.05, 0.1) is 6.04 Å². The Hall–Kier alpha value is -1.36. The van der Waals surface area contributed by atoms with E-state index in [1.54, 1.807) is 6.92 Å². The number of piperidine rings is 1. The summed E-state index contributed by atoms with van der Waals surface area (Å²) in [4.78, 5) is 2.13. The molecule has 0 spiro atoms. The van der Waals surface area contributed by atoms with Crippen molar-refractivity contribution < 1.29 is 4.42 Å². The van der Waals surface area contributed by atoms with E-state index in [1.807, 2.05) is 6.92 Å². The zero-order valence-electron chi connectivity index (χ0n) is 8.84. The second-order valence-electron chi connectivity index (χ2n) is 4.18. The van der Waals surface area contributed by atoms with Gasteiger partial charge in [0.1, 0.15) is 0 Å². The van der Waals surface area contributed by atoms with Crippen molar-refractivity contribution in [2.24, 2.45) is 11.7 Å². The third kappa shape index (κ3) is 1.01. The fourth-order valence-corrected chi connectivity index (χ4v) is 2.56. The molecule has 0 amide bonds. The lowest BCUT2D eigenvalue weighted by Crippen LogP contribution is -2.73. The summed E-state index contributed by atoms with van der Waals surface area (Å²) in [6.45, 7) is 4.77. The SMILES string of the molecule is C/C=C1/C(N)C2CN(c3nnc(C)o3)C12. The molecule has 3 atom stereocenters. The lowest BCUT2D eigenvalue weighted by atomic mass is 9.63. The van der Waals surface area contributed by atoms with E-state index in [9.17, 15) is 0 Å². The molecule has 1 saturated heterocycles. The highest BCUT2D eigenvalue weighted by molar-refractivity contribution is 5.50. The molecule has 1 aromatic rings. The van der Waals surface area contributed by atoms with Crippen molar-refractivity contribution in [3.8, 4) is 0 Å². The average molecular weight is 206 g/mol. The largest absolute Gasteiger partial charge is 0.408 e. The summed E-state index contributed by atoms with van der Waals surface area (Å²) >= 11 is 0. The topological polar surface area (TPSA) is 68.2 Å². The minimum atomic E-state index is 0.236. The number of nitrogens with zero attached hydrogens (tertiary/aromatic N) is 3. The third-order valence-electron chi connectivity index (χ3n) is 3.43. The van der Waals surface area contributed by atoms with Gasteiger partial charge in [0, 0.05) is 25.4 Å². The van der Waals surface area contributed by atoms with Crippen molar-refractivity contribution in [1.82, 2.24) is 10.2 Å². The minimum Gasteiger partial charge on any atom is -0.408 e. The molecule has 1 aliphatic carbocycles. The highest BCUT2D eigenvalue weighted by Gasteiger charge is 2.56. The van der Waals surface area contributed by atoms with Gasteiger partial charge in [-0.2, -0.15) is 0 Å². The summed E-state index contributed by atoms with van der Waals surface area (Å²) in [5.41, 5.74) is 7.30. The minimum absolute atomic E-state index is 0.236. The van der Waals surface area contributed by atoms with Gasteiger partial charge in [-0.15, -0.1) is 5.10 Å². The first-order valence-corrected chi connectivity index (χ1v) is 5.21. The van der Waals surface area contributed by atoms with Crippen molar-refractivity contribution >= 4 is 6.01 Å². The molecule has 2 fully saturated rings. The molecule has 1 aromatic heterocycles. The first kappa shape index (κ1) is 8.91. The second kappa shape index (κ2) is 2.82. The number of aryl methyl sites for hydroxylation is 1. The average Bonchev–Trinajstić information content (AvgIpc) is 2.59. The van der Waals surface area contributed by atoms with Crippen molar-refractivity contribution in [2.75, 3.05) is 11.4 Å². The van der Waals surface area contributed by atoms with Gasteiger partial charge in [0.25, 0.3) is 0 Å². The number of fused-ring (bicyclic) bond motifs is 1. The predicted octanol–water partition coefficient (Wildman–Crippen LogP) is 0.470. The Morgan fingerprint density at radius 1 is 1.53 bits per heavy atom. The maximum atomic E-state index is 6.00. The van der Waals surface area contributed by atoms with Gasteiger partial charge in [-0.25, -0.2) is 0 Å². The molecule has 3 unspecified atom stereocenters. The summed E-state index contributed by atoms with van der Waals surface area (Å²) in [5.74, 6) is 1.18. The van der Waals surface area contributed by atoms with Crippen molar-refractivity contribution in [3.05, 3.63) is 17.5 Å². The highest BCUT2D eigenvalue weighted by atomic mass is 16.4. The Labute approximate surface area is 88.0 Å². The molecule has 0 aromatic carbocycles. The van der Waals surface area contributed by atoms with Crippen LogP contribution in [0.25, 0.3) is 0 Å². The molecule has 80 valence electrons. The molecule has 1 saturated carbocycles. The standard InChI is InChI=1S/C10H14N4O/c1-3-6-8(11)7-4-14(9(6)7)10-13-12-5(2)15-10/h3,7-9H,4,11H2,1-2H3/b6-3-. The van der Waals surface area contributed by atoms with Gasteiger partial charge in [-0.1, -0.05) is 11.2 Å². The van der Waals surface area contributed by atoms with Crippen LogP contribution in [0.4, 0.5) is 6.01 Å². The van der Waals surface area contributed by atoms with E-state index < -0.39 is 0 Å². The van der Waals surface area contributed by atoms with E-state index in [0.29, 0.717) is 23.9 Å². The van der Waals surface area contributed by atoms with E-state index in [4.69, 9.17) is 10.2 Å². The molecule has 2 aliphatic rings. The Kier molecular flexibility index (Phi) is 1.68. The van der Waals surface area contributed by atoms with Crippen molar-refractivity contribution in [3.63, 3.8) is 0 Å². The zero-order valence-corrected chi connectivity index (χ0v) is 8.84. The maximum Gasteiger partial charge on any atom is 0.318 e. The Morgan fingerprint density at radius 3 is 2.93 bits per heavy atom. The molecule has 3 rings (SSSR count). The van der Waals surface area contributed by atoms with Gasteiger partial charge in [-0.05, 0) is 12.5 Å². The molecule has 2 N–H and O–H groups in total. The molecule has 0 bridgehead atoms. The Morgan fingerprint density at radius 2 is 2.33 bits per heavy atom. The number of allylic oxidation sites excluding steroid dienone is 1. The molecule has 5 nitrogen and oxygen atoms in total. The van der Waals surface area contributed by atoms with Gasteiger partial charge in [0.15, 0.2) is 0 Å². The van der Waals surface area contributed by atoms with Crippen molar-refractivity contribution in [2.45, 2.75) is 25.9 Å². The summed E-state index contributed by atoms with van der Waals surface area (Å²) < 4.78 is 5.40. The lowest BCUT2D eigenvalue weighted by molar-refractivity contribution is 0.191. The van der Waals surface area contributed by atoms with E-state index in [1.165, 1.54) is 5.57 Å². The van der Waals surface area contributed by atoms with Crippen LogP contribution >= 0.6 is 0 Å². The monoisotopic (exact) mass is 206 g/mol. The van der Waals surface area contributed by atoms with Crippen LogP contribution in [-0.4, -0.2) is 28.8 Å². The number of hydrogen-bond donors (Lipinski definition) is 1. The normalized spacial score (nSPS) is 36.1. The summed E-state index contributed by atoms with van der Waals surface area (Å²) in [5, 5.41) is 7.86. The zero-order chi connectivity index (χ0) is 10.6.